The van der Waals surface area contributed by atoms with Gasteiger partial charge in [-0.2, -0.15) is 0 Å². The van der Waals surface area contributed by atoms with E-state index in [0.717, 1.165) is 0 Å². The van der Waals surface area contributed by atoms with E-state index in [-0.39, 0.29) is 43.0 Å². The van der Waals surface area contributed by atoms with E-state index in [1.807, 2.05) is 18.7 Å². The van der Waals surface area contributed by atoms with Crippen molar-refractivity contribution in [2.45, 2.75) is 19.9 Å². The average Bonchev–Trinajstić information content (AvgIpc) is 3.21. The van der Waals surface area contributed by atoms with E-state index in [4.69, 9.17) is 9.47 Å². The molecule has 1 fully saturated rings. The lowest BCUT2D eigenvalue weighted by Gasteiger charge is -2.36. The third-order valence-electron chi connectivity index (χ3n) is 5.41. The van der Waals surface area contributed by atoms with Crippen molar-refractivity contribution in [1.82, 2.24) is 10.2 Å². The lowest BCUT2D eigenvalue weighted by Crippen LogP contribution is -2.58. The molecule has 3 amide bonds. The molecular formula is C23H26N4O5. The summed E-state index contributed by atoms with van der Waals surface area (Å²) in [5.41, 5.74) is 1.29. The van der Waals surface area contributed by atoms with Crippen LogP contribution in [0.3, 0.4) is 0 Å². The lowest BCUT2D eigenvalue weighted by atomic mass is 9.99. The van der Waals surface area contributed by atoms with Crippen molar-refractivity contribution >= 4 is 29.1 Å². The first-order chi connectivity index (χ1) is 15.4. The highest BCUT2D eigenvalue weighted by Crippen LogP contribution is 2.34. The number of nitrogens with zero attached hydrogens (tertiary/aromatic N) is 1. The standard InChI is InChI=1S/C23H26N4O5/c1-14(2)21-23(30)24-9-10-27(21)12-20(28)26-17-6-4-3-5-16(17)22(29)25-15-7-8-18-19(11-15)32-13-31-18/h3-8,11,14,21H,9-10,12-13H2,1-2H3,(H,24,30)(H,25,29)(H,26,28). The Morgan fingerprint density at radius 1 is 1.12 bits per heavy atom. The number of fused-ring (bicyclic) bond motifs is 1. The van der Waals surface area contributed by atoms with Crippen LogP contribution in [0, 0.1) is 5.92 Å². The van der Waals surface area contributed by atoms with E-state index in [2.05, 4.69) is 16.0 Å². The Morgan fingerprint density at radius 3 is 2.72 bits per heavy atom. The van der Waals surface area contributed by atoms with Crippen LogP contribution < -0.4 is 25.4 Å². The Labute approximate surface area is 186 Å². The number of benzene rings is 2. The number of ether oxygens (including phenoxy) is 2. The Hall–Kier alpha value is -3.59. The zero-order valence-electron chi connectivity index (χ0n) is 18.0. The zero-order chi connectivity index (χ0) is 22.7. The number of piperazine rings is 1. The fourth-order valence-electron chi connectivity index (χ4n) is 3.97. The molecule has 3 N–H and O–H groups in total. The van der Waals surface area contributed by atoms with Crippen molar-refractivity contribution in [2.24, 2.45) is 5.92 Å². The second-order valence-electron chi connectivity index (χ2n) is 8.07. The number of hydrogen-bond donors (Lipinski definition) is 3. The molecule has 1 atom stereocenters. The summed E-state index contributed by atoms with van der Waals surface area (Å²) < 4.78 is 10.6. The molecule has 168 valence electrons. The molecule has 1 saturated heterocycles. The van der Waals surface area contributed by atoms with Crippen molar-refractivity contribution in [3.8, 4) is 11.5 Å². The third-order valence-corrected chi connectivity index (χ3v) is 5.41. The first-order valence-electron chi connectivity index (χ1n) is 10.5. The summed E-state index contributed by atoms with van der Waals surface area (Å²) in [7, 11) is 0. The van der Waals surface area contributed by atoms with Gasteiger partial charge in [-0.05, 0) is 30.2 Å². The van der Waals surface area contributed by atoms with Crippen LogP contribution in [-0.4, -0.2) is 55.1 Å². The van der Waals surface area contributed by atoms with Gasteiger partial charge in [-0.15, -0.1) is 0 Å². The van der Waals surface area contributed by atoms with Crippen LogP contribution in [0.15, 0.2) is 42.5 Å². The predicted molar refractivity (Wildman–Crippen MR) is 119 cm³/mol. The fraction of sp³-hybridized carbons (Fsp3) is 0.348. The van der Waals surface area contributed by atoms with Gasteiger partial charge in [0.15, 0.2) is 11.5 Å². The van der Waals surface area contributed by atoms with Crippen molar-refractivity contribution in [1.29, 1.82) is 0 Å². The van der Waals surface area contributed by atoms with Crippen molar-refractivity contribution in [3.05, 3.63) is 48.0 Å². The van der Waals surface area contributed by atoms with E-state index in [1.165, 1.54) is 0 Å². The van der Waals surface area contributed by atoms with Gasteiger partial charge in [-0.1, -0.05) is 26.0 Å². The molecule has 9 nitrogen and oxygen atoms in total. The van der Waals surface area contributed by atoms with Crippen LogP contribution >= 0.6 is 0 Å². The largest absolute Gasteiger partial charge is 0.454 e. The number of para-hydroxylation sites is 1. The molecule has 32 heavy (non-hydrogen) atoms. The predicted octanol–water partition coefficient (Wildman–Crippen LogP) is 2.06. The van der Waals surface area contributed by atoms with Crippen molar-refractivity contribution in [2.75, 3.05) is 37.1 Å². The number of rotatable bonds is 6. The highest BCUT2D eigenvalue weighted by molar-refractivity contribution is 6.10. The molecule has 2 aliphatic heterocycles. The van der Waals surface area contributed by atoms with E-state index in [0.29, 0.717) is 41.5 Å². The van der Waals surface area contributed by atoms with Gasteiger partial charge in [0.25, 0.3) is 5.91 Å². The SMILES string of the molecule is CC(C)C1C(=O)NCCN1CC(=O)Nc1ccccc1C(=O)Nc1ccc2c(c1)OCO2. The second kappa shape index (κ2) is 9.27. The van der Waals surface area contributed by atoms with E-state index in [9.17, 15) is 14.4 Å². The maximum atomic E-state index is 12.9. The number of amides is 3. The van der Waals surface area contributed by atoms with Gasteiger partial charge in [0.1, 0.15) is 0 Å². The highest BCUT2D eigenvalue weighted by Gasteiger charge is 2.33. The highest BCUT2D eigenvalue weighted by atomic mass is 16.7. The quantitative estimate of drug-likeness (QED) is 0.637. The Kier molecular flexibility index (Phi) is 6.27. The normalized spacial score (nSPS) is 17.7. The first-order valence-corrected chi connectivity index (χ1v) is 10.5. The smallest absolute Gasteiger partial charge is 0.257 e. The number of hydrogen-bond acceptors (Lipinski definition) is 6. The molecule has 2 heterocycles. The summed E-state index contributed by atoms with van der Waals surface area (Å²) in [6, 6.07) is 11.6. The van der Waals surface area contributed by atoms with Crippen LogP contribution in [-0.2, 0) is 9.59 Å². The maximum absolute atomic E-state index is 12.9. The summed E-state index contributed by atoms with van der Waals surface area (Å²) in [6.07, 6.45) is 0. The molecule has 1 unspecified atom stereocenters. The molecule has 2 aromatic carbocycles. The van der Waals surface area contributed by atoms with Crippen LogP contribution in [0.2, 0.25) is 0 Å². The summed E-state index contributed by atoms with van der Waals surface area (Å²) in [4.78, 5) is 39.8. The van der Waals surface area contributed by atoms with Gasteiger partial charge < -0.3 is 25.4 Å². The van der Waals surface area contributed by atoms with Gasteiger partial charge in [0.05, 0.1) is 23.8 Å². The molecule has 2 aliphatic rings. The molecule has 4 rings (SSSR count). The van der Waals surface area contributed by atoms with Crippen LogP contribution in [0.1, 0.15) is 24.2 Å². The van der Waals surface area contributed by atoms with Gasteiger partial charge in [0, 0.05) is 24.8 Å². The maximum Gasteiger partial charge on any atom is 0.257 e. The average molecular weight is 438 g/mol. The van der Waals surface area contributed by atoms with Crippen LogP contribution in [0.4, 0.5) is 11.4 Å². The third kappa shape index (κ3) is 4.67. The molecule has 0 bridgehead atoms. The van der Waals surface area contributed by atoms with Gasteiger partial charge in [-0.3, -0.25) is 19.3 Å². The van der Waals surface area contributed by atoms with Crippen molar-refractivity contribution < 1.29 is 23.9 Å². The monoisotopic (exact) mass is 438 g/mol. The number of anilines is 2. The number of carbonyl (C=O) groups is 3. The topological polar surface area (TPSA) is 109 Å². The van der Waals surface area contributed by atoms with Crippen LogP contribution in [0.25, 0.3) is 0 Å². The minimum absolute atomic E-state index is 0.0639. The molecule has 0 radical (unpaired) electrons. The Morgan fingerprint density at radius 2 is 1.91 bits per heavy atom. The van der Waals surface area contributed by atoms with Crippen molar-refractivity contribution in [3.63, 3.8) is 0 Å². The second-order valence-corrected chi connectivity index (χ2v) is 8.07. The lowest BCUT2D eigenvalue weighted by molar-refractivity contribution is -0.132. The van der Waals surface area contributed by atoms with E-state index >= 15 is 0 Å². The van der Waals surface area contributed by atoms with Crippen LogP contribution in [0.5, 0.6) is 11.5 Å². The molecule has 0 aromatic heterocycles. The number of nitrogens with one attached hydrogen (secondary N) is 3. The Balaban J connectivity index is 1.44. The summed E-state index contributed by atoms with van der Waals surface area (Å²) in [5.74, 6) is 0.549. The molecule has 0 spiro atoms. The molecule has 0 aliphatic carbocycles. The van der Waals surface area contributed by atoms with E-state index in [1.54, 1.807) is 42.5 Å². The van der Waals surface area contributed by atoms with Gasteiger partial charge in [-0.25, -0.2) is 0 Å². The molecular weight excluding hydrogens is 412 g/mol. The summed E-state index contributed by atoms with van der Waals surface area (Å²) in [5, 5.41) is 8.49. The molecule has 2 aromatic rings. The minimum Gasteiger partial charge on any atom is -0.454 e. The summed E-state index contributed by atoms with van der Waals surface area (Å²) >= 11 is 0. The Bertz CT molecular complexity index is 1040. The molecule has 9 heteroatoms. The minimum atomic E-state index is -0.364. The van der Waals surface area contributed by atoms with Gasteiger partial charge in [0.2, 0.25) is 18.6 Å². The summed E-state index contributed by atoms with van der Waals surface area (Å²) in [6.45, 7) is 5.22. The fourth-order valence-corrected chi connectivity index (χ4v) is 3.97. The van der Waals surface area contributed by atoms with Gasteiger partial charge >= 0.3 is 0 Å². The molecule has 0 saturated carbocycles. The zero-order valence-corrected chi connectivity index (χ0v) is 18.0. The van der Waals surface area contributed by atoms with E-state index < -0.39 is 0 Å². The number of carbonyl (C=O) groups excluding carboxylic acids is 3. The first kappa shape index (κ1) is 21.6.